The number of nitrogens with two attached hydrogens (primary N) is 1. The third-order valence-corrected chi connectivity index (χ3v) is 3.22. The molecule has 4 heteroatoms. The van der Waals surface area contributed by atoms with Gasteiger partial charge in [-0.1, -0.05) is 42.5 Å². The first-order chi connectivity index (χ1) is 9.66. The van der Waals surface area contributed by atoms with Crippen molar-refractivity contribution in [1.29, 1.82) is 0 Å². The number of carbonyl (C=O) groups excluding carboxylic acids is 1. The topological polar surface area (TPSA) is 67.1 Å². The van der Waals surface area contributed by atoms with Crippen LogP contribution in [0.3, 0.4) is 0 Å². The van der Waals surface area contributed by atoms with Crippen molar-refractivity contribution in [2.75, 3.05) is 5.73 Å². The largest absolute Gasteiger partial charge is 0.399 e. The molecular weight excluding hydrogens is 250 g/mol. The first-order valence-electron chi connectivity index (χ1n) is 6.56. The maximum Gasteiger partial charge on any atom is 0.315 e. The minimum Gasteiger partial charge on any atom is -0.399 e. The summed E-state index contributed by atoms with van der Waals surface area (Å²) in [5.74, 6) is 0. The molecule has 0 spiro atoms. The van der Waals surface area contributed by atoms with Crippen molar-refractivity contribution < 1.29 is 4.79 Å². The zero-order chi connectivity index (χ0) is 14.4. The van der Waals surface area contributed by atoms with Crippen LogP contribution >= 0.6 is 0 Å². The van der Waals surface area contributed by atoms with Crippen molar-refractivity contribution in [2.24, 2.45) is 0 Å². The lowest BCUT2D eigenvalue weighted by atomic mass is 10.1. The van der Waals surface area contributed by atoms with Crippen LogP contribution in [0.1, 0.15) is 16.7 Å². The van der Waals surface area contributed by atoms with Crippen molar-refractivity contribution >= 4 is 11.7 Å². The van der Waals surface area contributed by atoms with Crippen molar-refractivity contribution in [3.05, 3.63) is 65.2 Å². The molecule has 0 bridgehead atoms. The van der Waals surface area contributed by atoms with E-state index >= 15 is 0 Å². The number of carbonyl (C=O) groups is 1. The van der Waals surface area contributed by atoms with Crippen molar-refractivity contribution in [2.45, 2.75) is 20.0 Å². The average Bonchev–Trinajstić information content (AvgIpc) is 2.48. The number of nitrogens with one attached hydrogen (secondary N) is 2. The fourth-order valence-electron chi connectivity index (χ4n) is 1.91. The Morgan fingerprint density at radius 2 is 1.70 bits per heavy atom. The van der Waals surface area contributed by atoms with E-state index < -0.39 is 0 Å². The second-order valence-electron chi connectivity index (χ2n) is 4.65. The van der Waals surface area contributed by atoms with Gasteiger partial charge in [0.05, 0.1) is 0 Å². The number of amides is 2. The lowest BCUT2D eigenvalue weighted by molar-refractivity contribution is 0.240. The molecule has 0 atom stereocenters. The Morgan fingerprint density at radius 3 is 2.45 bits per heavy atom. The maximum absolute atomic E-state index is 11.7. The summed E-state index contributed by atoms with van der Waals surface area (Å²) in [5, 5.41) is 5.65. The van der Waals surface area contributed by atoms with E-state index in [1.54, 1.807) is 0 Å². The van der Waals surface area contributed by atoms with Gasteiger partial charge in [0.2, 0.25) is 0 Å². The Kier molecular flexibility index (Phi) is 4.60. The normalized spacial score (nSPS) is 10.1. The molecule has 0 fully saturated rings. The van der Waals surface area contributed by atoms with Crippen LogP contribution in [0.5, 0.6) is 0 Å². The van der Waals surface area contributed by atoms with E-state index in [0.29, 0.717) is 13.1 Å². The highest BCUT2D eigenvalue weighted by atomic mass is 16.2. The van der Waals surface area contributed by atoms with E-state index in [2.05, 4.69) is 10.6 Å². The zero-order valence-electron chi connectivity index (χ0n) is 11.5. The first kappa shape index (κ1) is 13.9. The van der Waals surface area contributed by atoms with Gasteiger partial charge in [0.1, 0.15) is 0 Å². The summed E-state index contributed by atoms with van der Waals surface area (Å²) in [6.45, 7) is 2.94. The molecule has 0 aromatic heterocycles. The van der Waals surface area contributed by atoms with Gasteiger partial charge in [-0.2, -0.15) is 0 Å². The Balaban J connectivity index is 1.82. The lowest BCUT2D eigenvalue weighted by Gasteiger charge is -2.10. The predicted octanol–water partition coefficient (Wildman–Crippen LogP) is 2.58. The summed E-state index contributed by atoms with van der Waals surface area (Å²) in [6.07, 6.45) is 0. The van der Waals surface area contributed by atoms with Gasteiger partial charge in [-0.3, -0.25) is 0 Å². The number of rotatable bonds is 4. The van der Waals surface area contributed by atoms with Gasteiger partial charge in [-0.15, -0.1) is 0 Å². The predicted molar refractivity (Wildman–Crippen MR) is 81.1 cm³/mol. The highest BCUT2D eigenvalue weighted by Crippen LogP contribution is 2.14. The molecular formula is C16H19N3O. The maximum atomic E-state index is 11.7. The molecule has 0 aliphatic heterocycles. The van der Waals surface area contributed by atoms with Crippen LogP contribution in [0.2, 0.25) is 0 Å². The smallest absolute Gasteiger partial charge is 0.315 e. The number of anilines is 1. The number of nitrogen functional groups attached to an aromatic ring is 1. The van der Waals surface area contributed by atoms with E-state index in [9.17, 15) is 4.79 Å². The monoisotopic (exact) mass is 269 g/mol. The number of urea groups is 1. The number of hydrogen-bond acceptors (Lipinski definition) is 2. The lowest BCUT2D eigenvalue weighted by Crippen LogP contribution is -2.34. The average molecular weight is 269 g/mol. The van der Waals surface area contributed by atoms with E-state index in [-0.39, 0.29) is 6.03 Å². The molecule has 4 nitrogen and oxygen atoms in total. The minimum absolute atomic E-state index is 0.185. The Morgan fingerprint density at radius 1 is 1.00 bits per heavy atom. The van der Waals surface area contributed by atoms with Gasteiger partial charge < -0.3 is 16.4 Å². The highest BCUT2D eigenvalue weighted by Gasteiger charge is 2.04. The fraction of sp³-hybridized carbons (Fsp3) is 0.188. The van der Waals surface area contributed by atoms with Crippen LogP contribution < -0.4 is 16.4 Å². The van der Waals surface area contributed by atoms with Crippen molar-refractivity contribution in [3.63, 3.8) is 0 Å². The first-order valence-corrected chi connectivity index (χ1v) is 6.56. The summed E-state index contributed by atoms with van der Waals surface area (Å²) < 4.78 is 0. The Labute approximate surface area is 119 Å². The van der Waals surface area contributed by atoms with Crippen LogP contribution in [-0.4, -0.2) is 6.03 Å². The van der Waals surface area contributed by atoms with Gasteiger partial charge in [-0.25, -0.2) is 4.79 Å². The van der Waals surface area contributed by atoms with Gasteiger partial charge in [0.25, 0.3) is 0 Å². The van der Waals surface area contributed by atoms with E-state index in [1.165, 1.54) is 0 Å². The van der Waals surface area contributed by atoms with E-state index in [1.807, 2.05) is 55.5 Å². The molecule has 2 rings (SSSR count). The van der Waals surface area contributed by atoms with Crippen molar-refractivity contribution in [3.8, 4) is 0 Å². The molecule has 2 aromatic carbocycles. The fourth-order valence-corrected chi connectivity index (χ4v) is 1.91. The van der Waals surface area contributed by atoms with Crippen LogP contribution in [-0.2, 0) is 13.1 Å². The van der Waals surface area contributed by atoms with E-state index in [4.69, 9.17) is 5.73 Å². The Hall–Kier alpha value is -2.49. The molecule has 2 aromatic rings. The standard InChI is InChI=1S/C16H19N3O/c1-12-14(8-5-9-15(12)17)11-19-16(20)18-10-13-6-3-2-4-7-13/h2-9H,10-11,17H2,1H3,(H2,18,19,20). The van der Waals surface area contributed by atoms with Gasteiger partial charge in [-0.05, 0) is 29.7 Å². The Bertz CT molecular complexity index is 582. The third-order valence-electron chi connectivity index (χ3n) is 3.22. The second-order valence-corrected chi connectivity index (χ2v) is 4.65. The van der Waals surface area contributed by atoms with Crippen LogP contribution in [0, 0.1) is 6.92 Å². The summed E-state index contributed by atoms with van der Waals surface area (Å²) in [4.78, 5) is 11.7. The molecule has 0 radical (unpaired) electrons. The second kappa shape index (κ2) is 6.61. The number of benzene rings is 2. The van der Waals surface area contributed by atoms with E-state index in [0.717, 1.165) is 22.4 Å². The quantitative estimate of drug-likeness (QED) is 0.747. The zero-order valence-corrected chi connectivity index (χ0v) is 11.5. The molecule has 104 valence electrons. The molecule has 0 saturated heterocycles. The summed E-state index contributed by atoms with van der Waals surface area (Å²) in [5.41, 5.74) is 9.69. The molecule has 20 heavy (non-hydrogen) atoms. The SMILES string of the molecule is Cc1c(N)cccc1CNC(=O)NCc1ccccc1. The molecule has 0 aliphatic rings. The third kappa shape index (κ3) is 3.75. The molecule has 0 aliphatic carbocycles. The number of hydrogen-bond donors (Lipinski definition) is 3. The summed E-state index contributed by atoms with van der Waals surface area (Å²) in [6, 6.07) is 15.3. The van der Waals surface area contributed by atoms with Crippen molar-refractivity contribution in [1.82, 2.24) is 10.6 Å². The molecule has 2 amide bonds. The minimum atomic E-state index is -0.185. The van der Waals surface area contributed by atoms with Gasteiger partial charge in [0.15, 0.2) is 0 Å². The molecule has 0 heterocycles. The molecule has 0 unspecified atom stereocenters. The molecule has 0 saturated carbocycles. The van der Waals surface area contributed by atoms with Crippen LogP contribution in [0.25, 0.3) is 0 Å². The van der Waals surface area contributed by atoms with Gasteiger partial charge >= 0.3 is 6.03 Å². The van der Waals surface area contributed by atoms with Crippen LogP contribution in [0.15, 0.2) is 48.5 Å². The highest BCUT2D eigenvalue weighted by molar-refractivity contribution is 5.74. The van der Waals surface area contributed by atoms with Gasteiger partial charge in [0, 0.05) is 18.8 Å². The molecule has 4 N–H and O–H groups in total. The summed E-state index contributed by atoms with van der Waals surface area (Å²) in [7, 11) is 0. The summed E-state index contributed by atoms with van der Waals surface area (Å²) >= 11 is 0. The van der Waals surface area contributed by atoms with Crippen LogP contribution in [0.4, 0.5) is 10.5 Å².